The van der Waals surface area contributed by atoms with Crippen LogP contribution < -0.4 is 0 Å². The maximum atomic E-state index is 10.3. The van der Waals surface area contributed by atoms with Crippen molar-refractivity contribution in [1.29, 1.82) is 5.26 Å². The second kappa shape index (κ2) is 9.39. The standard InChI is InChI=1S/C32H54N2/c1-23(2)9-8-10-24(3)27-13-14-28-26-12-11-25-21-32(22-33,34-19-6-7-20-34)18-17-30(25,4)29(26)15-16-31(27,28)5/h23-29H,6-21H2,1-5H3. The highest BCUT2D eigenvalue weighted by atomic mass is 15.2. The van der Waals surface area contributed by atoms with Gasteiger partial charge in [0.05, 0.1) is 6.07 Å². The quantitative estimate of drug-likeness (QED) is 0.392. The maximum absolute atomic E-state index is 10.3. The van der Waals surface area contributed by atoms with Crippen molar-refractivity contribution in [3.05, 3.63) is 0 Å². The van der Waals surface area contributed by atoms with Gasteiger partial charge in [-0.1, -0.05) is 53.9 Å². The molecule has 0 radical (unpaired) electrons. The average Bonchev–Trinajstić information content (AvgIpc) is 3.46. The Hall–Kier alpha value is -0.550. The van der Waals surface area contributed by atoms with Gasteiger partial charge >= 0.3 is 0 Å². The molecule has 0 aromatic carbocycles. The Balaban J connectivity index is 1.29. The van der Waals surface area contributed by atoms with Crippen molar-refractivity contribution in [3.63, 3.8) is 0 Å². The zero-order valence-electron chi connectivity index (χ0n) is 23.2. The topological polar surface area (TPSA) is 27.0 Å². The smallest absolute Gasteiger partial charge is 0.109 e. The van der Waals surface area contributed by atoms with Crippen molar-refractivity contribution < 1.29 is 0 Å². The molecule has 0 N–H and O–H groups in total. The molecular weight excluding hydrogens is 412 g/mol. The molecule has 4 saturated carbocycles. The summed E-state index contributed by atoms with van der Waals surface area (Å²) in [5.41, 5.74) is 0.952. The van der Waals surface area contributed by atoms with Crippen molar-refractivity contribution in [3.8, 4) is 6.07 Å². The minimum absolute atomic E-state index is 0.138. The first-order chi connectivity index (χ1) is 16.2. The van der Waals surface area contributed by atoms with Gasteiger partial charge in [-0.25, -0.2) is 0 Å². The van der Waals surface area contributed by atoms with E-state index >= 15 is 0 Å². The average molecular weight is 467 g/mol. The van der Waals surface area contributed by atoms with Crippen molar-refractivity contribution in [2.45, 2.75) is 130 Å². The van der Waals surface area contributed by atoms with E-state index in [1.54, 1.807) is 0 Å². The number of nitrogens with zero attached hydrogens (tertiary/aromatic N) is 2. The molecule has 34 heavy (non-hydrogen) atoms. The highest BCUT2D eigenvalue weighted by Gasteiger charge is 2.62. The van der Waals surface area contributed by atoms with Crippen LogP contribution in [0.4, 0.5) is 0 Å². The van der Waals surface area contributed by atoms with Gasteiger partial charge in [-0.3, -0.25) is 4.90 Å². The van der Waals surface area contributed by atoms with E-state index in [4.69, 9.17) is 0 Å². The Morgan fingerprint density at radius 1 is 0.853 bits per heavy atom. The summed E-state index contributed by atoms with van der Waals surface area (Å²) in [7, 11) is 0. The Bertz CT molecular complexity index is 761. The highest BCUT2D eigenvalue weighted by molar-refractivity contribution is 5.18. The van der Waals surface area contributed by atoms with E-state index in [0.29, 0.717) is 10.8 Å². The molecule has 0 amide bonds. The van der Waals surface area contributed by atoms with Crippen molar-refractivity contribution >= 4 is 0 Å². The van der Waals surface area contributed by atoms with E-state index in [2.05, 4.69) is 45.6 Å². The van der Waals surface area contributed by atoms with E-state index < -0.39 is 0 Å². The fourth-order valence-electron chi connectivity index (χ4n) is 10.9. The maximum Gasteiger partial charge on any atom is 0.109 e. The third-order valence-electron chi connectivity index (χ3n) is 12.8. The Labute approximate surface area is 211 Å². The number of nitriles is 1. The Morgan fingerprint density at radius 3 is 2.29 bits per heavy atom. The summed E-state index contributed by atoms with van der Waals surface area (Å²) in [5, 5.41) is 10.3. The van der Waals surface area contributed by atoms with Gasteiger partial charge in [-0.15, -0.1) is 0 Å². The van der Waals surface area contributed by atoms with Gasteiger partial charge in [0.2, 0.25) is 0 Å². The van der Waals surface area contributed by atoms with Crippen LogP contribution in [0.2, 0.25) is 0 Å². The zero-order chi connectivity index (χ0) is 24.1. The first-order valence-electron chi connectivity index (χ1n) is 15.4. The van der Waals surface area contributed by atoms with E-state index in [1.165, 1.54) is 96.6 Å². The van der Waals surface area contributed by atoms with Crippen LogP contribution in [0.5, 0.6) is 0 Å². The van der Waals surface area contributed by atoms with E-state index in [9.17, 15) is 5.26 Å². The lowest BCUT2D eigenvalue weighted by atomic mass is 9.43. The van der Waals surface area contributed by atoms with E-state index in [1.807, 2.05) is 0 Å². The SMILES string of the molecule is CC(C)CCCC(C)C1CCC2C3CCC4CC(C#N)(N5CCCC5)CCC4(C)C3CCC12C. The molecule has 0 aromatic rings. The minimum Gasteiger partial charge on any atom is -0.286 e. The minimum atomic E-state index is -0.138. The molecule has 9 atom stereocenters. The van der Waals surface area contributed by atoms with Gasteiger partial charge in [0.25, 0.3) is 0 Å². The fraction of sp³-hybridized carbons (Fsp3) is 0.969. The summed E-state index contributed by atoms with van der Waals surface area (Å²) in [6, 6.07) is 2.89. The molecule has 4 aliphatic carbocycles. The summed E-state index contributed by atoms with van der Waals surface area (Å²) in [5.74, 6) is 6.37. The van der Waals surface area contributed by atoms with Gasteiger partial charge < -0.3 is 0 Å². The van der Waals surface area contributed by atoms with Crippen LogP contribution in [-0.4, -0.2) is 23.5 Å². The highest BCUT2D eigenvalue weighted by Crippen LogP contribution is 2.69. The van der Waals surface area contributed by atoms with Gasteiger partial charge in [0, 0.05) is 0 Å². The lowest BCUT2D eigenvalue weighted by molar-refractivity contribution is -0.130. The van der Waals surface area contributed by atoms with Crippen molar-refractivity contribution in [1.82, 2.24) is 4.90 Å². The van der Waals surface area contributed by atoms with Crippen LogP contribution in [-0.2, 0) is 0 Å². The summed E-state index contributed by atoms with van der Waals surface area (Å²) < 4.78 is 0. The molecule has 1 heterocycles. The van der Waals surface area contributed by atoms with Crippen LogP contribution >= 0.6 is 0 Å². The number of hydrogen-bond acceptors (Lipinski definition) is 2. The van der Waals surface area contributed by atoms with Crippen LogP contribution in [0, 0.1) is 63.6 Å². The van der Waals surface area contributed by atoms with E-state index in [-0.39, 0.29) is 5.54 Å². The molecule has 1 saturated heterocycles. The molecular formula is C32H54N2. The molecule has 192 valence electrons. The van der Waals surface area contributed by atoms with E-state index in [0.717, 1.165) is 47.8 Å². The van der Waals surface area contributed by atoms with Crippen LogP contribution in [0.1, 0.15) is 125 Å². The molecule has 9 unspecified atom stereocenters. The summed E-state index contributed by atoms with van der Waals surface area (Å²) in [4.78, 5) is 2.60. The Morgan fingerprint density at radius 2 is 1.59 bits per heavy atom. The lowest BCUT2D eigenvalue weighted by Crippen LogP contribution is -2.59. The van der Waals surface area contributed by atoms with Crippen LogP contribution in [0.25, 0.3) is 0 Å². The van der Waals surface area contributed by atoms with Crippen LogP contribution in [0.3, 0.4) is 0 Å². The zero-order valence-corrected chi connectivity index (χ0v) is 23.2. The van der Waals surface area contributed by atoms with Gasteiger partial charge in [-0.2, -0.15) is 5.26 Å². The first kappa shape index (κ1) is 25.1. The van der Waals surface area contributed by atoms with Crippen molar-refractivity contribution in [2.24, 2.45) is 52.3 Å². The summed E-state index contributed by atoms with van der Waals surface area (Å²) in [6.07, 6.45) is 19.3. The monoisotopic (exact) mass is 466 g/mol. The molecule has 5 aliphatic rings. The number of fused-ring (bicyclic) bond motifs is 5. The normalized spacial score (nSPS) is 47.6. The van der Waals surface area contributed by atoms with Crippen molar-refractivity contribution in [2.75, 3.05) is 13.1 Å². The fourth-order valence-corrected chi connectivity index (χ4v) is 10.9. The molecule has 2 heteroatoms. The summed E-state index contributed by atoms with van der Waals surface area (Å²) >= 11 is 0. The molecule has 2 nitrogen and oxygen atoms in total. The molecule has 1 aliphatic heterocycles. The Kier molecular flexibility index (Phi) is 6.94. The second-order valence-electron chi connectivity index (χ2n) is 14.7. The number of rotatable bonds is 6. The van der Waals surface area contributed by atoms with Gasteiger partial charge in [0.15, 0.2) is 0 Å². The molecule has 0 bridgehead atoms. The predicted octanol–water partition coefficient (Wildman–Crippen LogP) is 8.47. The van der Waals surface area contributed by atoms with Gasteiger partial charge in [-0.05, 0) is 136 Å². The largest absolute Gasteiger partial charge is 0.286 e. The molecule has 5 fully saturated rings. The lowest BCUT2D eigenvalue weighted by Gasteiger charge is -2.62. The third-order valence-corrected chi connectivity index (χ3v) is 12.8. The first-order valence-corrected chi connectivity index (χ1v) is 15.4. The van der Waals surface area contributed by atoms with Crippen LogP contribution in [0.15, 0.2) is 0 Å². The van der Waals surface area contributed by atoms with Gasteiger partial charge in [0.1, 0.15) is 5.54 Å². The molecule has 0 spiro atoms. The third kappa shape index (κ3) is 3.99. The molecule has 5 rings (SSSR count). The second-order valence-corrected chi connectivity index (χ2v) is 14.7. The number of likely N-dealkylation sites (tertiary alicyclic amines) is 1. The predicted molar refractivity (Wildman–Crippen MR) is 142 cm³/mol. The molecule has 0 aromatic heterocycles. The number of hydrogen-bond donors (Lipinski definition) is 0. The summed E-state index contributed by atoms with van der Waals surface area (Å²) in [6.45, 7) is 15.1.